The van der Waals surface area contributed by atoms with Gasteiger partial charge in [0.25, 0.3) is 5.91 Å². The number of quaternary nitrogens is 1. The maximum Gasteiger partial charge on any atom is 0.275 e. The molecule has 0 radical (unpaired) electrons. The smallest absolute Gasteiger partial charge is 0.275 e. The summed E-state index contributed by atoms with van der Waals surface area (Å²) in [5.74, 6) is 1.62. The standard InChI is InChI=1S/C17H25N3O2S/c18-17(22)15-7-4-9-20(11-15)12-16(21)19-8-10-23-13-14-5-2-1-3-6-14/h1-3,5-6,15H,4,7-13H2,(H2,18,22)(H,19,21)/p+1/t15-/m0/s1. The summed E-state index contributed by atoms with van der Waals surface area (Å²) in [7, 11) is 0. The summed E-state index contributed by atoms with van der Waals surface area (Å²) in [6.45, 7) is 2.75. The van der Waals surface area contributed by atoms with E-state index in [1.807, 2.05) is 30.0 Å². The van der Waals surface area contributed by atoms with Gasteiger partial charge in [0.1, 0.15) is 0 Å². The van der Waals surface area contributed by atoms with Crippen LogP contribution in [0.15, 0.2) is 30.3 Å². The van der Waals surface area contributed by atoms with Gasteiger partial charge in [-0.3, -0.25) is 9.59 Å². The van der Waals surface area contributed by atoms with Crippen molar-refractivity contribution >= 4 is 23.6 Å². The lowest BCUT2D eigenvalue weighted by Gasteiger charge is -2.27. The Hall–Kier alpha value is -1.53. The lowest BCUT2D eigenvalue weighted by atomic mass is 9.97. The zero-order valence-electron chi connectivity index (χ0n) is 13.4. The van der Waals surface area contributed by atoms with E-state index in [9.17, 15) is 9.59 Å². The maximum absolute atomic E-state index is 12.0. The van der Waals surface area contributed by atoms with Gasteiger partial charge in [-0.05, 0) is 18.4 Å². The molecule has 4 N–H and O–H groups in total. The van der Waals surface area contributed by atoms with Crippen LogP contribution in [-0.4, -0.2) is 43.7 Å². The molecule has 1 heterocycles. The van der Waals surface area contributed by atoms with Gasteiger partial charge in [0.15, 0.2) is 6.54 Å². The number of likely N-dealkylation sites (tertiary alicyclic amines) is 1. The predicted octanol–water partition coefficient (Wildman–Crippen LogP) is -0.184. The third-order valence-electron chi connectivity index (χ3n) is 4.11. The normalized spacial score (nSPS) is 20.9. The molecular weight excluding hydrogens is 310 g/mol. The van der Waals surface area contributed by atoms with E-state index in [1.54, 1.807) is 0 Å². The van der Waals surface area contributed by atoms with Gasteiger partial charge >= 0.3 is 0 Å². The Balaban J connectivity index is 1.57. The highest BCUT2D eigenvalue weighted by molar-refractivity contribution is 7.98. The first-order chi connectivity index (χ1) is 11.1. The van der Waals surface area contributed by atoms with Crippen LogP contribution in [0, 0.1) is 5.92 Å². The largest absolute Gasteiger partial charge is 0.369 e. The quantitative estimate of drug-likeness (QED) is 0.576. The van der Waals surface area contributed by atoms with Crippen molar-refractivity contribution in [3.05, 3.63) is 35.9 Å². The Labute approximate surface area is 142 Å². The molecule has 2 rings (SSSR count). The molecule has 126 valence electrons. The van der Waals surface area contributed by atoms with E-state index in [0.29, 0.717) is 19.6 Å². The van der Waals surface area contributed by atoms with E-state index < -0.39 is 0 Å². The van der Waals surface area contributed by atoms with Crippen molar-refractivity contribution in [3.63, 3.8) is 0 Å². The number of nitrogens with two attached hydrogens (primary N) is 1. The minimum atomic E-state index is -0.236. The number of thioether (sulfide) groups is 1. The SMILES string of the molecule is NC(=O)[C@H]1CCC[NH+](CC(=O)NCCSCc2ccccc2)C1. The Morgan fingerprint density at radius 3 is 2.83 bits per heavy atom. The minimum absolute atomic E-state index is 0.0606. The van der Waals surface area contributed by atoms with Crippen LogP contribution < -0.4 is 16.0 Å². The zero-order chi connectivity index (χ0) is 16.5. The molecule has 1 saturated heterocycles. The van der Waals surface area contributed by atoms with Crippen molar-refractivity contribution in [1.82, 2.24) is 5.32 Å². The summed E-state index contributed by atoms with van der Waals surface area (Å²) < 4.78 is 0. The molecule has 1 aromatic rings. The summed E-state index contributed by atoms with van der Waals surface area (Å²) >= 11 is 1.82. The second kappa shape index (κ2) is 9.57. The summed E-state index contributed by atoms with van der Waals surface area (Å²) in [5, 5.41) is 2.96. The van der Waals surface area contributed by atoms with Crippen molar-refractivity contribution in [2.24, 2.45) is 11.7 Å². The first-order valence-corrected chi connectivity index (χ1v) is 9.32. The number of hydrogen-bond donors (Lipinski definition) is 3. The summed E-state index contributed by atoms with van der Waals surface area (Å²) in [6, 6.07) is 10.3. The molecule has 1 aromatic carbocycles. The van der Waals surface area contributed by atoms with Crippen molar-refractivity contribution in [2.45, 2.75) is 18.6 Å². The van der Waals surface area contributed by atoms with Crippen LogP contribution >= 0.6 is 11.8 Å². The number of hydrogen-bond acceptors (Lipinski definition) is 3. The number of rotatable bonds is 8. The lowest BCUT2D eigenvalue weighted by Crippen LogP contribution is -3.15. The molecule has 1 aliphatic rings. The molecule has 2 amide bonds. The summed E-state index contributed by atoms with van der Waals surface area (Å²) in [4.78, 5) is 24.4. The minimum Gasteiger partial charge on any atom is -0.369 e. The first kappa shape index (κ1) is 17.8. The van der Waals surface area contributed by atoms with E-state index in [1.165, 1.54) is 5.56 Å². The molecule has 0 aromatic heterocycles. The molecule has 5 nitrogen and oxygen atoms in total. The average molecular weight is 336 g/mol. The van der Waals surface area contributed by atoms with E-state index in [2.05, 4.69) is 17.4 Å². The highest BCUT2D eigenvalue weighted by atomic mass is 32.2. The maximum atomic E-state index is 12.0. The van der Waals surface area contributed by atoms with Gasteiger partial charge in [-0.2, -0.15) is 11.8 Å². The molecule has 1 fully saturated rings. The van der Waals surface area contributed by atoms with Gasteiger partial charge in [0.05, 0.1) is 19.0 Å². The third-order valence-corrected chi connectivity index (χ3v) is 5.14. The van der Waals surface area contributed by atoms with Gasteiger partial charge < -0.3 is 16.0 Å². The van der Waals surface area contributed by atoms with Crippen LogP contribution in [0.5, 0.6) is 0 Å². The third kappa shape index (κ3) is 6.62. The van der Waals surface area contributed by atoms with Crippen LogP contribution in [0.1, 0.15) is 18.4 Å². The van der Waals surface area contributed by atoms with Crippen molar-refractivity contribution in [1.29, 1.82) is 0 Å². The van der Waals surface area contributed by atoms with E-state index >= 15 is 0 Å². The Morgan fingerprint density at radius 1 is 1.30 bits per heavy atom. The zero-order valence-corrected chi connectivity index (χ0v) is 14.2. The number of amides is 2. The Bertz CT molecular complexity index is 510. The van der Waals surface area contributed by atoms with Crippen molar-refractivity contribution in [3.8, 4) is 0 Å². The van der Waals surface area contributed by atoms with E-state index in [4.69, 9.17) is 5.73 Å². The fraction of sp³-hybridized carbons (Fsp3) is 0.529. The molecule has 6 heteroatoms. The van der Waals surface area contributed by atoms with Gasteiger partial charge in [0, 0.05) is 18.1 Å². The number of nitrogens with one attached hydrogen (secondary N) is 2. The Morgan fingerprint density at radius 2 is 2.09 bits per heavy atom. The molecule has 1 aliphatic heterocycles. The Kier molecular flexibility index (Phi) is 7.42. The highest BCUT2D eigenvalue weighted by Crippen LogP contribution is 2.10. The number of carbonyl (C=O) groups excluding carboxylic acids is 2. The second-order valence-electron chi connectivity index (χ2n) is 6.01. The molecule has 0 spiro atoms. The van der Waals surface area contributed by atoms with Crippen LogP contribution in [0.2, 0.25) is 0 Å². The van der Waals surface area contributed by atoms with Crippen molar-refractivity contribution < 1.29 is 14.5 Å². The number of primary amides is 1. The monoisotopic (exact) mass is 336 g/mol. The summed E-state index contributed by atoms with van der Waals surface area (Å²) in [6.07, 6.45) is 1.82. The number of carbonyl (C=O) groups is 2. The van der Waals surface area contributed by atoms with Gasteiger partial charge in [-0.15, -0.1) is 0 Å². The topological polar surface area (TPSA) is 76.6 Å². The van der Waals surface area contributed by atoms with Crippen LogP contribution in [0.3, 0.4) is 0 Å². The van der Waals surface area contributed by atoms with Gasteiger partial charge in [-0.25, -0.2) is 0 Å². The molecule has 2 atom stereocenters. The second-order valence-corrected chi connectivity index (χ2v) is 7.12. The number of benzene rings is 1. The summed E-state index contributed by atoms with van der Waals surface area (Å²) in [5.41, 5.74) is 6.67. The number of piperidine rings is 1. The molecular formula is C17H26N3O2S+. The highest BCUT2D eigenvalue weighted by Gasteiger charge is 2.28. The molecule has 0 aliphatic carbocycles. The fourth-order valence-corrected chi connectivity index (χ4v) is 3.69. The lowest BCUT2D eigenvalue weighted by molar-refractivity contribution is -0.899. The van der Waals surface area contributed by atoms with Crippen LogP contribution in [-0.2, 0) is 15.3 Å². The van der Waals surface area contributed by atoms with Crippen LogP contribution in [0.4, 0.5) is 0 Å². The average Bonchev–Trinajstić information content (AvgIpc) is 2.55. The van der Waals surface area contributed by atoms with E-state index in [-0.39, 0.29) is 17.7 Å². The van der Waals surface area contributed by atoms with Gasteiger partial charge in [0.2, 0.25) is 5.91 Å². The molecule has 23 heavy (non-hydrogen) atoms. The molecule has 0 bridgehead atoms. The molecule has 1 unspecified atom stereocenters. The molecule has 0 saturated carbocycles. The fourth-order valence-electron chi connectivity index (χ4n) is 2.87. The first-order valence-electron chi connectivity index (χ1n) is 8.16. The van der Waals surface area contributed by atoms with Gasteiger partial charge in [-0.1, -0.05) is 30.3 Å². The predicted molar refractivity (Wildman–Crippen MR) is 93.1 cm³/mol. The van der Waals surface area contributed by atoms with E-state index in [0.717, 1.165) is 35.8 Å². The van der Waals surface area contributed by atoms with Crippen LogP contribution in [0.25, 0.3) is 0 Å². The van der Waals surface area contributed by atoms with Crippen molar-refractivity contribution in [2.75, 3.05) is 31.9 Å².